The van der Waals surface area contributed by atoms with Crippen LogP contribution in [-0.2, 0) is 11.8 Å². The molecule has 1 aromatic heterocycles. The van der Waals surface area contributed by atoms with Gasteiger partial charge >= 0.3 is 11.4 Å². The van der Waals surface area contributed by atoms with Gasteiger partial charge in [-0.1, -0.05) is 6.08 Å². The summed E-state index contributed by atoms with van der Waals surface area (Å²) in [6.45, 7) is 0. The van der Waals surface area contributed by atoms with Crippen molar-refractivity contribution in [1.29, 1.82) is 0 Å². The van der Waals surface area contributed by atoms with Crippen LogP contribution in [-0.4, -0.2) is 19.7 Å². The molecular formula is C15H13N3O3. The highest BCUT2D eigenvalue weighted by Gasteiger charge is 3.03. The maximum Gasteiger partial charge on any atom is 0.347 e. The molecule has 6 heteroatoms. The Kier molecular flexibility index (Phi) is 1.05. The molecule has 1 aromatic rings. The second-order valence-corrected chi connectivity index (χ2v) is 7.86. The van der Waals surface area contributed by atoms with Crippen molar-refractivity contribution in [1.82, 2.24) is 13.9 Å². The number of allylic oxidation sites excluding steroid dienone is 2. The molecule has 2 aliphatic heterocycles. The van der Waals surface area contributed by atoms with Crippen molar-refractivity contribution in [2.24, 2.45) is 41.5 Å². The van der Waals surface area contributed by atoms with Crippen molar-refractivity contribution in [3.63, 3.8) is 0 Å². The highest BCUT2D eigenvalue weighted by Crippen LogP contribution is 3.03. The first-order valence-electron chi connectivity index (χ1n) is 7.69. The van der Waals surface area contributed by atoms with Crippen LogP contribution < -0.4 is 11.4 Å². The van der Waals surface area contributed by atoms with Gasteiger partial charge in [-0.25, -0.2) is 23.5 Å². The Morgan fingerprint density at radius 2 is 1.71 bits per heavy atom. The summed E-state index contributed by atoms with van der Waals surface area (Å²) in [5.41, 5.74) is -0.407. The van der Waals surface area contributed by atoms with Gasteiger partial charge in [-0.05, 0) is 29.7 Å². The number of nitrogens with zero attached hydrogens (tertiary/aromatic N) is 3. The molecule has 7 aliphatic rings. The predicted octanol–water partition coefficient (Wildman–Crippen LogP) is -0.535. The van der Waals surface area contributed by atoms with Crippen LogP contribution in [0.3, 0.4) is 0 Å². The van der Waals surface area contributed by atoms with Crippen LogP contribution in [0.25, 0.3) is 0 Å². The van der Waals surface area contributed by atoms with Crippen molar-refractivity contribution >= 4 is 5.78 Å². The SMILES string of the molecule is Cn1c(=O)n2n(c1=O)[C@H]1[C@@H]3[C@@H]4[C@@H]3[C@@H]3[C@@]5(C=CC(=O)C[C@]135)[C@H]42. The minimum absolute atomic E-state index is 0.00722. The monoisotopic (exact) mass is 283 g/mol. The van der Waals surface area contributed by atoms with Gasteiger partial charge in [-0.2, -0.15) is 0 Å². The summed E-state index contributed by atoms with van der Waals surface area (Å²) < 4.78 is 4.71. The van der Waals surface area contributed by atoms with Crippen LogP contribution in [0.4, 0.5) is 0 Å². The fourth-order valence-electron chi connectivity index (χ4n) is 7.67. The maximum absolute atomic E-state index is 12.5. The van der Waals surface area contributed by atoms with E-state index in [1.807, 2.05) is 0 Å². The molecule has 4 fully saturated rings. The van der Waals surface area contributed by atoms with E-state index in [0.29, 0.717) is 30.1 Å². The standard InChI is InChI=1S/C15H13N3O3/c1-16-12(20)17-10-7-6-8(7)11(18(17)13(16)21)15-4-5(19)2-3-14(10,15)9(6)15/h2-3,6-11H,4H2,1H3/t6-,7-,8-,9+,10-,11-,14-,15+/m0/s1. The van der Waals surface area contributed by atoms with Gasteiger partial charge in [0.15, 0.2) is 5.78 Å². The predicted molar refractivity (Wildman–Crippen MR) is 69.6 cm³/mol. The Balaban J connectivity index is 1.68. The van der Waals surface area contributed by atoms with Gasteiger partial charge in [0, 0.05) is 24.3 Å². The van der Waals surface area contributed by atoms with Crippen molar-refractivity contribution in [2.45, 2.75) is 18.5 Å². The first kappa shape index (κ1) is 9.97. The van der Waals surface area contributed by atoms with Gasteiger partial charge in [-0.3, -0.25) is 4.79 Å². The Labute approximate surface area is 118 Å². The topological polar surface area (TPSA) is 66.0 Å². The molecule has 21 heavy (non-hydrogen) atoms. The van der Waals surface area contributed by atoms with Gasteiger partial charge in [-0.15, -0.1) is 0 Å². The van der Waals surface area contributed by atoms with E-state index >= 15 is 0 Å². The van der Waals surface area contributed by atoms with E-state index in [9.17, 15) is 14.4 Å². The molecule has 0 unspecified atom stereocenters. The number of hydrogen-bond acceptors (Lipinski definition) is 3. The van der Waals surface area contributed by atoms with Gasteiger partial charge in [0.25, 0.3) is 0 Å². The zero-order chi connectivity index (χ0) is 14.0. The third-order valence-corrected chi connectivity index (χ3v) is 7.85. The number of carbonyl (C=O) groups is 1. The van der Waals surface area contributed by atoms with Crippen molar-refractivity contribution in [3.8, 4) is 0 Å². The van der Waals surface area contributed by atoms with E-state index in [-0.39, 0.29) is 40.1 Å². The van der Waals surface area contributed by atoms with Gasteiger partial charge in [0.2, 0.25) is 0 Å². The first-order valence-corrected chi connectivity index (χ1v) is 7.69. The molecule has 2 spiro atoms. The smallest absolute Gasteiger partial charge is 0.295 e. The Hall–Kier alpha value is -1.85. The van der Waals surface area contributed by atoms with Gasteiger partial charge < -0.3 is 0 Å². The number of carbonyl (C=O) groups excluding carboxylic acids is 1. The summed E-state index contributed by atoms with van der Waals surface area (Å²) in [6, 6.07) is 0.200. The molecule has 8 atom stereocenters. The molecule has 0 N–H and O–H groups in total. The first-order chi connectivity index (χ1) is 10.1. The molecular weight excluding hydrogens is 270 g/mol. The largest absolute Gasteiger partial charge is 0.347 e. The van der Waals surface area contributed by atoms with Crippen LogP contribution in [0.2, 0.25) is 0 Å². The average Bonchev–Trinajstić information content (AvgIpc) is 3.23. The highest BCUT2D eigenvalue weighted by atomic mass is 16.2. The van der Waals surface area contributed by atoms with Crippen LogP contribution in [0.1, 0.15) is 18.5 Å². The molecule has 0 saturated heterocycles. The van der Waals surface area contributed by atoms with E-state index < -0.39 is 0 Å². The second kappa shape index (κ2) is 2.21. The summed E-state index contributed by atoms with van der Waals surface area (Å²) in [7, 11) is 1.56. The van der Waals surface area contributed by atoms with Crippen LogP contribution in [0.5, 0.6) is 0 Å². The quantitative estimate of drug-likeness (QED) is 0.642. The Morgan fingerprint density at radius 3 is 2.48 bits per heavy atom. The van der Waals surface area contributed by atoms with E-state index in [2.05, 4.69) is 6.08 Å². The lowest BCUT2D eigenvalue weighted by molar-refractivity contribution is -0.119. The highest BCUT2D eigenvalue weighted by molar-refractivity contribution is 5.93. The number of hydrogen-bond donors (Lipinski definition) is 0. The van der Waals surface area contributed by atoms with Gasteiger partial charge in [0.05, 0.1) is 12.1 Å². The van der Waals surface area contributed by atoms with E-state index in [1.165, 1.54) is 4.57 Å². The molecule has 2 bridgehead atoms. The molecule has 0 radical (unpaired) electrons. The maximum atomic E-state index is 12.5. The third kappa shape index (κ3) is 0.582. The van der Waals surface area contributed by atoms with E-state index in [1.54, 1.807) is 22.5 Å². The van der Waals surface area contributed by atoms with Crippen LogP contribution in [0, 0.1) is 34.5 Å². The molecule has 3 heterocycles. The summed E-state index contributed by atoms with van der Waals surface area (Å²) in [4.78, 5) is 37.0. The number of aromatic nitrogens is 3. The summed E-state index contributed by atoms with van der Waals surface area (Å²) in [6.07, 6.45) is 4.41. The van der Waals surface area contributed by atoms with E-state index in [4.69, 9.17) is 0 Å². The Bertz CT molecular complexity index is 964. The number of ketones is 1. The summed E-state index contributed by atoms with van der Waals surface area (Å²) in [5.74, 6) is 2.48. The average molecular weight is 283 g/mol. The van der Waals surface area contributed by atoms with Crippen LogP contribution >= 0.6 is 0 Å². The van der Waals surface area contributed by atoms with Gasteiger partial charge in [0.1, 0.15) is 0 Å². The third-order valence-electron chi connectivity index (χ3n) is 7.85. The molecule has 0 amide bonds. The van der Waals surface area contributed by atoms with Crippen LogP contribution in [0.15, 0.2) is 21.7 Å². The molecule has 106 valence electrons. The molecule has 4 saturated carbocycles. The van der Waals surface area contributed by atoms with Crippen molar-refractivity contribution in [3.05, 3.63) is 33.1 Å². The summed E-state index contributed by atoms with van der Waals surface area (Å²) >= 11 is 0. The second-order valence-electron chi connectivity index (χ2n) is 7.86. The zero-order valence-corrected chi connectivity index (χ0v) is 11.4. The zero-order valence-electron chi connectivity index (χ0n) is 11.4. The van der Waals surface area contributed by atoms with E-state index in [0.717, 1.165) is 0 Å². The molecule has 8 rings (SSSR count). The number of rotatable bonds is 0. The van der Waals surface area contributed by atoms with Crippen molar-refractivity contribution in [2.75, 3.05) is 0 Å². The fourth-order valence-corrected chi connectivity index (χ4v) is 7.67. The summed E-state index contributed by atoms with van der Waals surface area (Å²) in [5, 5.41) is 0. The minimum atomic E-state index is -0.198. The fraction of sp³-hybridized carbons (Fsp3) is 0.667. The molecule has 0 aromatic carbocycles. The molecule has 6 nitrogen and oxygen atoms in total. The lowest BCUT2D eigenvalue weighted by Crippen LogP contribution is -2.53. The van der Waals surface area contributed by atoms with Crippen molar-refractivity contribution < 1.29 is 4.79 Å². The normalized spacial score (nSPS) is 58.2. The molecule has 5 aliphatic carbocycles. The Morgan fingerprint density at radius 1 is 1.05 bits per heavy atom. The lowest BCUT2D eigenvalue weighted by atomic mass is 9.67. The minimum Gasteiger partial charge on any atom is -0.295 e. The lowest BCUT2D eigenvalue weighted by Gasteiger charge is -2.48.